The Balaban J connectivity index is 1.94. The van der Waals surface area contributed by atoms with E-state index in [9.17, 15) is 9.59 Å². The Bertz CT molecular complexity index is 1190. The van der Waals surface area contributed by atoms with Gasteiger partial charge >= 0.3 is 0 Å². The van der Waals surface area contributed by atoms with E-state index in [0.717, 1.165) is 34.2 Å². The van der Waals surface area contributed by atoms with Crippen LogP contribution < -0.4 is 10.1 Å². The van der Waals surface area contributed by atoms with Gasteiger partial charge in [-0.15, -0.1) is 0 Å². The van der Waals surface area contributed by atoms with Gasteiger partial charge in [-0.05, 0) is 74.1 Å². The van der Waals surface area contributed by atoms with Crippen LogP contribution in [0.2, 0.25) is 5.02 Å². The highest BCUT2D eigenvalue weighted by Crippen LogP contribution is 2.26. The summed E-state index contributed by atoms with van der Waals surface area (Å²) in [6.07, 6.45) is 1.20. The predicted molar refractivity (Wildman–Crippen MR) is 150 cm³/mol. The molecule has 0 heterocycles. The standard InChI is InChI=1S/C31H37ClN2O3/c1-6-24(5)33-31(36)28(18-25-13-8-7-9-14-25)34(19-26-15-11-10-12-21(26)2)29(35)20-37-27-16-22(3)30(32)23(4)17-27/h7-17,24,28H,6,18-20H2,1-5H3,(H,33,36)/t24-,28+/m0/s1. The van der Waals surface area contributed by atoms with E-state index in [2.05, 4.69) is 5.32 Å². The summed E-state index contributed by atoms with van der Waals surface area (Å²) >= 11 is 6.30. The SMILES string of the molecule is CC[C@H](C)NC(=O)[C@@H](Cc1ccccc1)N(Cc1ccccc1C)C(=O)COc1cc(C)c(Cl)c(C)c1. The second-order valence-electron chi connectivity index (χ2n) is 9.63. The molecule has 6 heteroatoms. The highest BCUT2D eigenvalue weighted by molar-refractivity contribution is 6.32. The molecule has 3 aromatic rings. The van der Waals surface area contributed by atoms with Gasteiger partial charge in [0.1, 0.15) is 11.8 Å². The number of hydrogen-bond donors (Lipinski definition) is 1. The number of carbonyl (C=O) groups is 2. The van der Waals surface area contributed by atoms with Crippen molar-refractivity contribution in [2.24, 2.45) is 0 Å². The number of nitrogens with one attached hydrogen (secondary N) is 1. The lowest BCUT2D eigenvalue weighted by atomic mass is 10.0. The van der Waals surface area contributed by atoms with Gasteiger partial charge in [0.15, 0.2) is 6.61 Å². The topological polar surface area (TPSA) is 58.6 Å². The van der Waals surface area contributed by atoms with E-state index in [-0.39, 0.29) is 24.5 Å². The molecule has 0 saturated heterocycles. The molecule has 0 bridgehead atoms. The Morgan fingerprint density at radius 3 is 2.19 bits per heavy atom. The maximum Gasteiger partial charge on any atom is 0.261 e. The molecule has 3 rings (SSSR count). The molecule has 1 N–H and O–H groups in total. The predicted octanol–water partition coefficient (Wildman–Crippen LogP) is 6.20. The first kappa shape index (κ1) is 28.3. The molecular formula is C31H37ClN2O3. The zero-order chi connectivity index (χ0) is 26.9. The molecule has 0 fully saturated rings. The summed E-state index contributed by atoms with van der Waals surface area (Å²) in [7, 11) is 0. The molecule has 0 aromatic heterocycles. The zero-order valence-electron chi connectivity index (χ0n) is 22.4. The number of carbonyl (C=O) groups excluding carboxylic acids is 2. The molecule has 5 nitrogen and oxygen atoms in total. The van der Waals surface area contributed by atoms with Crippen LogP contribution in [0, 0.1) is 20.8 Å². The minimum absolute atomic E-state index is 0.00236. The molecular weight excluding hydrogens is 484 g/mol. The molecule has 0 saturated carbocycles. The lowest BCUT2D eigenvalue weighted by molar-refractivity contribution is -0.143. The van der Waals surface area contributed by atoms with Crippen molar-refractivity contribution in [3.8, 4) is 5.75 Å². The summed E-state index contributed by atoms with van der Waals surface area (Å²) in [5.41, 5.74) is 4.81. The second kappa shape index (κ2) is 13.3. The summed E-state index contributed by atoms with van der Waals surface area (Å²) in [5, 5.41) is 3.78. The fourth-order valence-electron chi connectivity index (χ4n) is 4.18. The van der Waals surface area contributed by atoms with Crippen LogP contribution in [0.15, 0.2) is 66.7 Å². The van der Waals surface area contributed by atoms with Gasteiger partial charge in [-0.3, -0.25) is 9.59 Å². The Morgan fingerprint density at radius 1 is 0.946 bits per heavy atom. The summed E-state index contributed by atoms with van der Waals surface area (Å²) in [6.45, 7) is 9.94. The Labute approximate surface area is 225 Å². The molecule has 3 aromatic carbocycles. The number of aryl methyl sites for hydroxylation is 3. The molecule has 0 aliphatic carbocycles. The van der Waals surface area contributed by atoms with E-state index < -0.39 is 6.04 Å². The van der Waals surface area contributed by atoms with Gasteiger partial charge in [0, 0.05) is 24.0 Å². The van der Waals surface area contributed by atoms with Crippen LogP contribution in [0.3, 0.4) is 0 Å². The molecule has 0 aliphatic rings. The van der Waals surface area contributed by atoms with Crippen LogP contribution in [-0.4, -0.2) is 35.4 Å². The molecule has 196 valence electrons. The number of nitrogens with zero attached hydrogens (tertiary/aromatic N) is 1. The first-order valence-corrected chi connectivity index (χ1v) is 13.1. The maximum absolute atomic E-state index is 13.8. The van der Waals surface area contributed by atoms with E-state index in [0.29, 0.717) is 23.7 Å². The first-order chi connectivity index (χ1) is 17.7. The Kier molecular flexibility index (Phi) is 10.2. The van der Waals surface area contributed by atoms with Gasteiger partial charge in [-0.2, -0.15) is 0 Å². The van der Waals surface area contributed by atoms with Crippen molar-refractivity contribution in [1.29, 1.82) is 0 Å². The van der Waals surface area contributed by atoms with E-state index in [1.165, 1.54) is 0 Å². The van der Waals surface area contributed by atoms with E-state index in [4.69, 9.17) is 16.3 Å². The van der Waals surface area contributed by atoms with Gasteiger partial charge in [-0.1, -0.05) is 73.1 Å². The smallest absolute Gasteiger partial charge is 0.261 e. The summed E-state index contributed by atoms with van der Waals surface area (Å²) < 4.78 is 5.93. The van der Waals surface area contributed by atoms with Gasteiger partial charge in [-0.25, -0.2) is 0 Å². The lowest BCUT2D eigenvalue weighted by Gasteiger charge is -2.32. The molecule has 2 amide bonds. The lowest BCUT2D eigenvalue weighted by Crippen LogP contribution is -2.53. The van der Waals surface area contributed by atoms with Crippen molar-refractivity contribution < 1.29 is 14.3 Å². The van der Waals surface area contributed by atoms with Crippen molar-refractivity contribution in [3.63, 3.8) is 0 Å². The van der Waals surface area contributed by atoms with Crippen LogP contribution in [-0.2, 0) is 22.6 Å². The third-order valence-electron chi connectivity index (χ3n) is 6.65. The number of hydrogen-bond acceptors (Lipinski definition) is 3. The molecule has 0 radical (unpaired) electrons. The van der Waals surface area contributed by atoms with E-state index in [1.54, 1.807) is 4.90 Å². The maximum atomic E-state index is 13.8. The minimum atomic E-state index is -0.694. The van der Waals surface area contributed by atoms with Crippen LogP contribution in [0.25, 0.3) is 0 Å². The van der Waals surface area contributed by atoms with Gasteiger partial charge in [0.2, 0.25) is 5.91 Å². The Morgan fingerprint density at radius 2 is 1.57 bits per heavy atom. The number of amides is 2. The van der Waals surface area contributed by atoms with Gasteiger partial charge in [0.25, 0.3) is 5.91 Å². The fourth-order valence-corrected chi connectivity index (χ4v) is 4.29. The second-order valence-corrected chi connectivity index (χ2v) is 10.0. The van der Waals surface area contributed by atoms with Crippen LogP contribution in [0.5, 0.6) is 5.75 Å². The zero-order valence-corrected chi connectivity index (χ0v) is 23.1. The van der Waals surface area contributed by atoms with Crippen molar-refractivity contribution in [2.45, 2.75) is 66.1 Å². The normalized spacial score (nSPS) is 12.5. The van der Waals surface area contributed by atoms with Gasteiger partial charge in [0.05, 0.1) is 0 Å². The van der Waals surface area contributed by atoms with Crippen molar-refractivity contribution in [2.75, 3.05) is 6.61 Å². The molecule has 2 atom stereocenters. The van der Waals surface area contributed by atoms with Gasteiger partial charge < -0.3 is 15.0 Å². The number of benzene rings is 3. The van der Waals surface area contributed by atoms with E-state index in [1.807, 2.05) is 101 Å². The van der Waals surface area contributed by atoms with Crippen LogP contribution in [0.1, 0.15) is 48.1 Å². The third kappa shape index (κ3) is 7.83. The highest BCUT2D eigenvalue weighted by atomic mass is 35.5. The average Bonchev–Trinajstić information content (AvgIpc) is 2.89. The average molecular weight is 521 g/mol. The first-order valence-electron chi connectivity index (χ1n) is 12.8. The third-order valence-corrected chi connectivity index (χ3v) is 7.24. The number of rotatable bonds is 11. The van der Waals surface area contributed by atoms with Crippen LogP contribution >= 0.6 is 11.6 Å². The van der Waals surface area contributed by atoms with Crippen LogP contribution in [0.4, 0.5) is 0 Å². The molecule has 0 unspecified atom stereocenters. The fraction of sp³-hybridized carbons (Fsp3) is 0.355. The largest absolute Gasteiger partial charge is 0.484 e. The quantitative estimate of drug-likeness (QED) is 0.327. The van der Waals surface area contributed by atoms with Crippen molar-refractivity contribution >= 4 is 23.4 Å². The highest BCUT2D eigenvalue weighted by Gasteiger charge is 2.31. The Hall–Kier alpha value is -3.31. The number of ether oxygens (including phenoxy) is 1. The number of halogens is 1. The molecule has 0 aliphatic heterocycles. The monoisotopic (exact) mass is 520 g/mol. The van der Waals surface area contributed by atoms with Crippen molar-refractivity contribution in [3.05, 3.63) is 99.6 Å². The molecule has 37 heavy (non-hydrogen) atoms. The van der Waals surface area contributed by atoms with Crippen molar-refractivity contribution in [1.82, 2.24) is 10.2 Å². The summed E-state index contributed by atoms with van der Waals surface area (Å²) in [4.78, 5) is 29.0. The van der Waals surface area contributed by atoms with E-state index >= 15 is 0 Å². The minimum Gasteiger partial charge on any atom is -0.484 e. The molecule has 0 spiro atoms. The summed E-state index contributed by atoms with van der Waals surface area (Å²) in [6, 6.07) is 20.7. The summed E-state index contributed by atoms with van der Waals surface area (Å²) in [5.74, 6) is 0.152.